The lowest BCUT2D eigenvalue weighted by molar-refractivity contribution is -0.143. The van der Waals surface area contributed by atoms with Gasteiger partial charge in [-0.2, -0.15) is 0 Å². The van der Waals surface area contributed by atoms with Gasteiger partial charge in [-0.1, -0.05) is 47.8 Å². The van der Waals surface area contributed by atoms with Gasteiger partial charge >= 0.3 is 0 Å². The third-order valence-electron chi connectivity index (χ3n) is 4.35. The third kappa shape index (κ3) is 7.08. The van der Waals surface area contributed by atoms with Gasteiger partial charge in [0.25, 0.3) is 5.91 Å². The number of hydrogen-bond donors (Lipinski definition) is 1. The highest BCUT2D eigenvalue weighted by Gasteiger charge is 2.29. The average Bonchev–Trinajstić information content (AvgIpc) is 2.68. The zero-order valence-corrected chi connectivity index (χ0v) is 19.4. The Balaban J connectivity index is 2.24. The minimum atomic E-state index is -0.666. The van der Waals surface area contributed by atoms with Gasteiger partial charge < -0.3 is 15.0 Å². The number of nitrogens with zero attached hydrogens (tertiary/aromatic N) is 1. The van der Waals surface area contributed by atoms with Crippen molar-refractivity contribution in [2.24, 2.45) is 0 Å². The maximum Gasteiger partial charge on any atom is 0.261 e. The summed E-state index contributed by atoms with van der Waals surface area (Å²) in [5, 5.41) is 4.38. The maximum absolute atomic E-state index is 13.1. The Morgan fingerprint density at radius 1 is 1.03 bits per heavy atom. The number of halogens is 3. The molecule has 1 N–H and O–H groups in total. The van der Waals surface area contributed by atoms with Crippen LogP contribution in [0, 0.1) is 0 Å². The first kappa shape index (κ1) is 24.3. The highest BCUT2D eigenvalue weighted by atomic mass is 35.5. The molecule has 8 heteroatoms. The van der Waals surface area contributed by atoms with Crippen LogP contribution >= 0.6 is 34.8 Å². The van der Waals surface area contributed by atoms with Crippen LogP contribution < -0.4 is 10.1 Å². The number of carbonyl (C=O) groups is 2. The fourth-order valence-electron chi connectivity index (χ4n) is 2.89. The van der Waals surface area contributed by atoms with Gasteiger partial charge in [0.2, 0.25) is 5.91 Å². The molecule has 0 aromatic heterocycles. The first-order valence-electron chi connectivity index (χ1n) is 9.63. The molecule has 0 aliphatic rings. The van der Waals surface area contributed by atoms with E-state index in [0.717, 1.165) is 0 Å². The van der Waals surface area contributed by atoms with Crippen molar-refractivity contribution in [2.75, 3.05) is 6.61 Å². The Morgan fingerprint density at radius 3 is 2.23 bits per heavy atom. The van der Waals surface area contributed by atoms with Gasteiger partial charge in [-0.25, -0.2) is 0 Å². The molecule has 162 valence electrons. The van der Waals surface area contributed by atoms with Gasteiger partial charge in [0.15, 0.2) is 6.61 Å². The van der Waals surface area contributed by atoms with E-state index < -0.39 is 6.04 Å². The quantitative estimate of drug-likeness (QED) is 0.536. The van der Waals surface area contributed by atoms with E-state index in [1.807, 2.05) is 20.8 Å². The lowest BCUT2D eigenvalue weighted by atomic mass is 10.1. The fraction of sp³-hybridized carbons (Fsp3) is 0.364. The normalized spacial score (nSPS) is 11.8. The molecule has 2 aromatic rings. The van der Waals surface area contributed by atoms with Crippen molar-refractivity contribution < 1.29 is 14.3 Å². The molecule has 30 heavy (non-hydrogen) atoms. The summed E-state index contributed by atoms with van der Waals surface area (Å²) in [6, 6.07) is 11.1. The average molecular weight is 472 g/mol. The first-order chi connectivity index (χ1) is 14.2. The molecule has 1 atom stereocenters. The number of carbonyl (C=O) groups excluding carboxylic acids is 2. The van der Waals surface area contributed by atoms with Gasteiger partial charge in [0.1, 0.15) is 11.8 Å². The number of ether oxygens (including phenoxy) is 1. The van der Waals surface area contributed by atoms with Crippen molar-refractivity contribution in [3.63, 3.8) is 0 Å². The Kier molecular flexibility index (Phi) is 9.28. The van der Waals surface area contributed by atoms with Crippen LogP contribution in [0.3, 0.4) is 0 Å². The second-order valence-electron chi connectivity index (χ2n) is 7.09. The second-order valence-corrected chi connectivity index (χ2v) is 8.37. The minimum absolute atomic E-state index is 0.0482. The van der Waals surface area contributed by atoms with Gasteiger partial charge in [-0.05, 0) is 62.2 Å². The van der Waals surface area contributed by atoms with Gasteiger partial charge in [-0.15, -0.1) is 0 Å². The summed E-state index contributed by atoms with van der Waals surface area (Å²) in [7, 11) is 0. The van der Waals surface area contributed by atoms with E-state index in [-0.39, 0.29) is 31.0 Å². The molecule has 0 aliphatic carbocycles. The molecule has 0 radical (unpaired) electrons. The number of rotatable bonds is 9. The predicted octanol–water partition coefficient (Wildman–Crippen LogP) is 5.36. The first-order valence-corrected chi connectivity index (χ1v) is 10.8. The summed E-state index contributed by atoms with van der Waals surface area (Å²) in [4.78, 5) is 27.3. The highest BCUT2D eigenvalue weighted by molar-refractivity contribution is 6.35. The van der Waals surface area contributed by atoms with E-state index in [1.165, 1.54) is 4.90 Å². The Morgan fingerprint density at radius 2 is 1.67 bits per heavy atom. The molecule has 5 nitrogen and oxygen atoms in total. The Bertz CT molecular complexity index is 872. The standard InChI is InChI=1S/C22H25Cl3N2O3/c1-4-20(22(29)26-14(2)3)27(12-15-5-6-17(24)11-19(15)25)21(28)13-30-18-9-7-16(23)8-10-18/h5-11,14,20H,4,12-13H2,1-3H3,(H,26,29). The molecule has 0 spiro atoms. The molecule has 0 bridgehead atoms. The van der Waals surface area contributed by atoms with Crippen LogP contribution in [0.4, 0.5) is 0 Å². The van der Waals surface area contributed by atoms with Crippen molar-refractivity contribution in [1.82, 2.24) is 10.2 Å². The molecule has 0 heterocycles. The predicted molar refractivity (Wildman–Crippen MR) is 121 cm³/mol. The minimum Gasteiger partial charge on any atom is -0.484 e. The van der Waals surface area contributed by atoms with Crippen LogP contribution in [0.1, 0.15) is 32.8 Å². The lowest BCUT2D eigenvalue weighted by Crippen LogP contribution is -2.51. The number of benzene rings is 2. The molecular weight excluding hydrogens is 447 g/mol. The molecule has 0 saturated heterocycles. The smallest absolute Gasteiger partial charge is 0.261 e. The van der Waals surface area contributed by atoms with Crippen LogP contribution in [0.25, 0.3) is 0 Å². The maximum atomic E-state index is 13.1. The van der Waals surface area contributed by atoms with Crippen molar-refractivity contribution in [3.05, 3.63) is 63.1 Å². The Hall–Kier alpha value is -1.95. The zero-order chi connectivity index (χ0) is 22.3. The van der Waals surface area contributed by atoms with E-state index in [0.29, 0.717) is 32.8 Å². The SMILES string of the molecule is CCC(C(=O)NC(C)C)N(Cc1ccc(Cl)cc1Cl)C(=O)COc1ccc(Cl)cc1. The third-order valence-corrected chi connectivity index (χ3v) is 5.19. The summed E-state index contributed by atoms with van der Waals surface area (Å²) in [5.74, 6) is -0.0453. The van der Waals surface area contributed by atoms with Crippen LogP contribution in [0.5, 0.6) is 5.75 Å². The van der Waals surface area contributed by atoms with Crippen LogP contribution in [-0.4, -0.2) is 35.4 Å². The summed E-state index contributed by atoms with van der Waals surface area (Å²) >= 11 is 18.2. The van der Waals surface area contributed by atoms with Crippen molar-refractivity contribution in [1.29, 1.82) is 0 Å². The topological polar surface area (TPSA) is 58.6 Å². The summed E-state index contributed by atoms with van der Waals surface area (Å²) < 4.78 is 5.61. The van der Waals surface area contributed by atoms with E-state index in [1.54, 1.807) is 42.5 Å². The van der Waals surface area contributed by atoms with E-state index in [4.69, 9.17) is 39.5 Å². The largest absolute Gasteiger partial charge is 0.484 e. The molecular formula is C22H25Cl3N2O3. The molecule has 2 aromatic carbocycles. The zero-order valence-electron chi connectivity index (χ0n) is 17.1. The van der Waals surface area contributed by atoms with E-state index >= 15 is 0 Å². The van der Waals surface area contributed by atoms with Gasteiger partial charge in [0, 0.05) is 27.7 Å². The molecule has 2 amide bonds. The lowest BCUT2D eigenvalue weighted by Gasteiger charge is -2.31. The highest BCUT2D eigenvalue weighted by Crippen LogP contribution is 2.24. The van der Waals surface area contributed by atoms with Gasteiger partial charge in [0.05, 0.1) is 0 Å². The van der Waals surface area contributed by atoms with Crippen LogP contribution in [0.15, 0.2) is 42.5 Å². The molecule has 0 aliphatic heterocycles. The van der Waals surface area contributed by atoms with Crippen molar-refractivity contribution in [2.45, 2.75) is 45.8 Å². The monoisotopic (exact) mass is 470 g/mol. The van der Waals surface area contributed by atoms with Crippen molar-refractivity contribution in [3.8, 4) is 5.75 Å². The van der Waals surface area contributed by atoms with Crippen LogP contribution in [0.2, 0.25) is 15.1 Å². The summed E-state index contributed by atoms with van der Waals surface area (Å²) in [6.45, 7) is 5.53. The fourth-order valence-corrected chi connectivity index (χ4v) is 3.49. The Labute approximate surface area is 192 Å². The second kappa shape index (κ2) is 11.4. The van der Waals surface area contributed by atoms with Crippen molar-refractivity contribution >= 4 is 46.6 Å². The molecule has 2 rings (SSSR count). The van der Waals surface area contributed by atoms with E-state index in [9.17, 15) is 9.59 Å². The van der Waals surface area contributed by atoms with Crippen LogP contribution in [-0.2, 0) is 16.1 Å². The van der Waals surface area contributed by atoms with E-state index in [2.05, 4.69) is 5.32 Å². The van der Waals surface area contributed by atoms with Gasteiger partial charge in [-0.3, -0.25) is 9.59 Å². The molecule has 1 unspecified atom stereocenters. The number of nitrogens with one attached hydrogen (secondary N) is 1. The molecule has 0 fully saturated rings. The summed E-state index contributed by atoms with van der Waals surface area (Å²) in [5.41, 5.74) is 0.691. The number of hydrogen-bond acceptors (Lipinski definition) is 3. The summed E-state index contributed by atoms with van der Waals surface area (Å²) in [6.07, 6.45) is 0.441. The number of amides is 2. The molecule has 0 saturated carbocycles.